The van der Waals surface area contributed by atoms with Gasteiger partial charge in [-0.25, -0.2) is 5.10 Å². The zero-order valence-corrected chi connectivity index (χ0v) is 11.2. The third-order valence-electron chi connectivity index (χ3n) is 2.44. The van der Waals surface area contributed by atoms with Gasteiger partial charge in [-0.15, -0.1) is 16.4 Å². The molecule has 0 aliphatic rings. The fourth-order valence-electron chi connectivity index (χ4n) is 1.55. The molecule has 1 amide bonds. The van der Waals surface area contributed by atoms with Crippen LogP contribution in [0, 0.1) is 6.92 Å². The van der Waals surface area contributed by atoms with Gasteiger partial charge in [-0.05, 0) is 25.0 Å². The summed E-state index contributed by atoms with van der Waals surface area (Å²) < 4.78 is 4.82. The molecule has 0 saturated carbocycles. The number of hydrogen-bond donors (Lipinski definition) is 2. The van der Waals surface area contributed by atoms with Gasteiger partial charge in [0, 0.05) is 4.88 Å². The fraction of sp³-hybridized carbons (Fsp3) is 0.364. The normalized spacial score (nSPS) is 10.4. The highest BCUT2D eigenvalue weighted by atomic mass is 32.1. The molecular weight excluding hydrogens is 252 g/mol. The van der Waals surface area contributed by atoms with E-state index in [2.05, 4.69) is 27.4 Å². The van der Waals surface area contributed by atoms with E-state index in [1.807, 2.05) is 13.0 Å². The van der Waals surface area contributed by atoms with Crippen LogP contribution in [0.5, 0.6) is 6.01 Å². The van der Waals surface area contributed by atoms with E-state index < -0.39 is 0 Å². The van der Waals surface area contributed by atoms with Crippen molar-refractivity contribution in [1.29, 1.82) is 0 Å². The Kier molecular flexibility index (Phi) is 3.61. The molecule has 0 aromatic carbocycles. The highest BCUT2D eigenvalue weighted by Gasteiger charge is 2.13. The maximum Gasteiger partial charge on any atom is 0.336 e. The number of ether oxygens (including phenoxy) is 1. The first-order chi connectivity index (χ1) is 8.63. The van der Waals surface area contributed by atoms with Gasteiger partial charge in [-0.3, -0.25) is 10.1 Å². The molecule has 7 heteroatoms. The van der Waals surface area contributed by atoms with Gasteiger partial charge >= 0.3 is 6.01 Å². The number of aromatic nitrogens is 3. The van der Waals surface area contributed by atoms with Crippen molar-refractivity contribution in [3.63, 3.8) is 0 Å². The van der Waals surface area contributed by atoms with Crippen LogP contribution >= 0.6 is 11.3 Å². The second kappa shape index (κ2) is 5.18. The fourth-order valence-corrected chi connectivity index (χ4v) is 2.55. The molecule has 96 valence electrons. The molecule has 0 atom stereocenters. The van der Waals surface area contributed by atoms with Crippen LogP contribution in [0.3, 0.4) is 0 Å². The molecule has 6 nitrogen and oxygen atoms in total. The summed E-state index contributed by atoms with van der Waals surface area (Å²) >= 11 is 1.49. The summed E-state index contributed by atoms with van der Waals surface area (Å²) in [6.07, 6.45) is 0.930. The Morgan fingerprint density at radius 2 is 2.39 bits per heavy atom. The van der Waals surface area contributed by atoms with Gasteiger partial charge in [0.05, 0.1) is 12.0 Å². The van der Waals surface area contributed by atoms with Gasteiger partial charge in [0.15, 0.2) is 0 Å². The maximum atomic E-state index is 12.0. The maximum absolute atomic E-state index is 12.0. The molecule has 0 fully saturated rings. The zero-order valence-electron chi connectivity index (χ0n) is 10.4. The first-order valence-corrected chi connectivity index (χ1v) is 6.32. The molecule has 0 radical (unpaired) electrons. The monoisotopic (exact) mass is 266 g/mol. The van der Waals surface area contributed by atoms with Gasteiger partial charge in [-0.1, -0.05) is 6.92 Å². The zero-order chi connectivity index (χ0) is 13.1. The lowest BCUT2D eigenvalue weighted by molar-refractivity contribution is 0.102. The first kappa shape index (κ1) is 12.6. The summed E-state index contributed by atoms with van der Waals surface area (Å²) in [5.74, 6) is 0.0857. The topological polar surface area (TPSA) is 79.9 Å². The average Bonchev–Trinajstić information content (AvgIpc) is 2.95. The van der Waals surface area contributed by atoms with Crippen LogP contribution in [0.4, 0.5) is 5.95 Å². The van der Waals surface area contributed by atoms with E-state index in [1.54, 1.807) is 0 Å². The molecule has 18 heavy (non-hydrogen) atoms. The number of rotatable bonds is 4. The van der Waals surface area contributed by atoms with Crippen molar-refractivity contribution in [2.75, 3.05) is 12.4 Å². The van der Waals surface area contributed by atoms with E-state index >= 15 is 0 Å². The number of carbonyl (C=O) groups excluding carboxylic acids is 1. The van der Waals surface area contributed by atoms with Crippen molar-refractivity contribution in [3.05, 3.63) is 21.4 Å². The van der Waals surface area contributed by atoms with E-state index in [9.17, 15) is 4.79 Å². The van der Waals surface area contributed by atoms with E-state index in [0.29, 0.717) is 4.88 Å². The standard InChI is InChI=1S/C11H14N4O2S/c1-4-7-6(2)5-8(18-7)9(16)12-10-13-11(17-3)15-14-10/h5H,4H2,1-3H3,(H2,12,13,14,15,16). The molecule has 0 spiro atoms. The SMILES string of the molecule is CCc1sc(C(=O)Nc2nc(OC)n[nH]2)cc1C. The number of amides is 1. The Morgan fingerprint density at radius 3 is 2.94 bits per heavy atom. The minimum Gasteiger partial charge on any atom is -0.466 e. The molecule has 0 saturated heterocycles. The molecule has 0 unspecified atom stereocenters. The van der Waals surface area contributed by atoms with Crippen molar-refractivity contribution in [3.8, 4) is 6.01 Å². The third-order valence-corrected chi connectivity index (χ3v) is 3.83. The van der Waals surface area contributed by atoms with Crippen molar-refractivity contribution in [1.82, 2.24) is 15.2 Å². The number of H-pyrrole nitrogens is 1. The third kappa shape index (κ3) is 2.51. The van der Waals surface area contributed by atoms with Gasteiger partial charge in [0.2, 0.25) is 5.95 Å². The highest BCUT2D eigenvalue weighted by molar-refractivity contribution is 7.14. The lowest BCUT2D eigenvalue weighted by Gasteiger charge is -1.97. The second-order valence-corrected chi connectivity index (χ2v) is 4.83. The summed E-state index contributed by atoms with van der Waals surface area (Å²) in [6, 6.07) is 2.08. The number of hydrogen-bond acceptors (Lipinski definition) is 5. The Balaban J connectivity index is 2.11. The molecule has 2 aromatic heterocycles. The smallest absolute Gasteiger partial charge is 0.336 e. The molecule has 0 aliphatic carbocycles. The number of thiophene rings is 1. The van der Waals surface area contributed by atoms with Crippen LogP contribution in [0.15, 0.2) is 6.07 Å². The van der Waals surface area contributed by atoms with Crippen LogP contribution in [0.2, 0.25) is 0 Å². The van der Waals surface area contributed by atoms with Gasteiger partial charge in [-0.2, -0.15) is 4.98 Å². The Hall–Kier alpha value is -1.89. The number of nitrogens with one attached hydrogen (secondary N) is 2. The number of aromatic amines is 1. The summed E-state index contributed by atoms with van der Waals surface area (Å²) in [7, 11) is 1.46. The molecule has 2 rings (SSSR count). The molecule has 0 bridgehead atoms. The van der Waals surface area contributed by atoms with Crippen LogP contribution in [0.1, 0.15) is 27.0 Å². The highest BCUT2D eigenvalue weighted by Crippen LogP contribution is 2.23. The summed E-state index contributed by atoms with van der Waals surface area (Å²) in [5.41, 5.74) is 1.14. The van der Waals surface area contributed by atoms with Gasteiger partial charge in [0.1, 0.15) is 0 Å². The van der Waals surface area contributed by atoms with Crippen molar-refractivity contribution in [2.45, 2.75) is 20.3 Å². The number of anilines is 1. The Morgan fingerprint density at radius 1 is 1.61 bits per heavy atom. The van der Waals surface area contributed by atoms with E-state index in [-0.39, 0.29) is 17.9 Å². The molecule has 2 heterocycles. The predicted octanol–water partition coefficient (Wildman–Crippen LogP) is 2.00. The molecule has 2 aromatic rings. The van der Waals surface area contributed by atoms with Crippen LogP contribution in [-0.4, -0.2) is 28.2 Å². The van der Waals surface area contributed by atoms with Crippen LogP contribution in [-0.2, 0) is 6.42 Å². The minimum absolute atomic E-state index is 0.193. The van der Waals surface area contributed by atoms with Gasteiger partial charge in [0.25, 0.3) is 5.91 Å². The lowest BCUT2D eigenvalue weighted by Crippen LogP contribution is -2.11. The number of aryl methyl sites for hydroxylation is 2. The Labute approximate surface area is 108 Å². The summed E-state index contributed by atoms with van der Waals surface area (Å²) in [6.45, 7) is 4.07. The summed E-state index contributed by atoms with van der Waals surface area (Å²) in [4.78, 5) is 17.8. The van der Waals surface area contributed by atoms with E-state index in [1.165, 1.54) is 23.3 Å². The first-order valence-electron chi connectivity index (χ1n) is 5.51. The Bertz CT molecular complexity index is 561. The largest absolute Gasteiger partial charge is 0.466 e. The van der Waals surface area contributed by atoms with Crippen LogP contribution < -0.4 is 10.1 Å². The second-order valence-electron chi connectivity index (χ2n) is 3.70. The number of methoxy groups -OCH3 is 1. The van der Waals surface area contributed by atoms with Crippen molar-refractivity contribution < 1.29 is 9.53 Å². The van der Waals surface area contributed by atoms with E-state index in [0.717, 1.165) is 12.0 Å². The number of nitrogens with zero attached hydrogens (tertiary/aromatic N) is 2. The average molecular weight is 266 g/mol. The molecule has 0 aliphatic heterocycles. The lowest BCUT2D eigenvalue weighted by atomic mass is 10.2. The molecule has 2 N–H and O–H groups in total. The van der Waals surface area contributed by atoms with Crippen LogP contribution in [0.25, 0.3) is 0 Å². The quantitative estimate of drug-likeness (QED) is 0.887. The predicted molar refractivity (Wildman–Crippen MR) is 69.3 cm³/mol. The summed E-state index contributed by atoms with van der Waals surface area (Å²) in [5, 5.41) is 8.97. The molecular formula is C11H14N4O2S. The van der Waals surface area contributed by atoms with Crippen molar-refractivity contribution >= 4 is 23.2 Å². The van der Waals surface area contributed by atoms with E-state index in [4.69, 9.17) is 4.74 Å². The van der Waals surface area contributed by atoms with Gasteiger partial charge < -0.3 is 4.74 Å². The number of carbonyl (C=O) groups is 1. The van der Waals surface area contributed by atoms with Crippen molar-refractivity contribution in [2.24, 2.45) is 0 Å². The minimum atomic E-state index is -0.193.